The predicted molar refractivity (Wildman–Crippen MR) is 109 cm³/mol. The molecule has 0 saturated heterocycles. The highest BCUT2D eigenvalue weighted by atomic mass is 32.1. The fourth-order valence-corrected chi connectivity index (χ4v) is 3.80. The van der Waals surface area contributed by atoms with Gasteiger partial charge in [-0.15, -0.1) is 11.3 Å². The summed E-state index contributed by atoms with van der Waals surface area (Å²) < 4.78 is 0. The van der Waals surface area contributed by atoms with Crippen molar-refractivity contribution >= 4 is 17.3 Å². The lowest BCUT2D eigenvalue weighted by Gasteiger charge is -2.19. The topological polar surface area (TPSA) is 39.7 Å². The first-order chi connectivity index (χ1) is 12.0. The first-order valence-electron chi connectivity index (χ1n) is 8.72. The van der Waals surface area contributed by atoms with E-state index in [2.05, 4.69) is 84.9 Å². The maximum atomic E-state index is 4.37. The van der Waals surface area contributed by atoms with Crippen LogP contribution in [0, 0.1) is 6.92 Å². The zero-order valence-electron chi connectivity index (χ0n) is 16.0. The molecule has 0 fully saturated rings. The third-order valence-corrected chi connectivity index (χ3v) is 4.98. The van der Waals surface area contributed by atoms with Gasteiger partial charge in [-0.1, -0.05) is 24.3 Å². The lowest BCUT2D eigenvalue weighted by molar-refractivity contribution is 0.400. The Labute approximate surface area is 156 Å². The van der Waals surface area contributed by atoms with E-state index in [1.165, 1.54) is 20.9 Å². The Hall–Kier alpha value is -1.85. The molecular weight excluding hydrogens is 328 g/mol. The van der Waals surface area contributed by atoms with Gasteiger partial charge in [0.25, 0.3) is 0 Å². The summed E-state index contributed by atoms with van der Waals surface area (Å²) >= 11 is 1.86. The van der Waals surface area contributed by atoms with Crippen molar-refractivity contribution in [2.45, 2.75) is 39.4 Å². The lowest BCUT2D eigenvalue weighted by atomic mass is 10.1. The highest BCUT2D eigenvalue weighted by Crippen LogP contribution is 2.16. The summed E-state index contributed by atoms with van der Waals surface area (Å²) in [5.74, 6) is 0.848. The SMILES string of the molecule is CN=C(NCc1ccccc1CN(C)C)NC(C)Cc1ccc(C)s1. The Morgan fingerprint density at radius 1 is 1.16 bits per heavy atom. The van der Waals surface area contributed by atoms with Crippen LogP contribution < -0.4 is 10.6 Å². The number of hydrogen-bond donors (Lipinski definition) is 2. The summed E-state index contributed by atoms with van der Waals surface area (Å²) in [6.07, 6.45) is 1.01. The molecule has 1 aromatic heterocycles. The monoisotopic (exact) mass is 358 g/mol. The maximum absolute atomic E-state index is 4.37. The van der Waals surface area contributed by atoms with Crippen LogP contribution in [0.25, 0.3) is 0 Å². The molecule has 0 radical (unpaired) electrons. The van der Waals surface area contributed by atoms with E-state index >= 15 is 0 Å². The van der Waals surface area contributed by atoms with Crippen molar-refractivity contribution in [2.24, 2.45) is 4.99 Å². The number of benzene rings is 1. The van der Waals surface area contributed by atoms with Crippen molar-refractivity contribution in [3.63, 3.8) is 0 Å². The second-order valence-electron chi connectivity index (χ2n) is 6.69. The van der Waals surface area contributed by atoms with E-state index in [9.17, 15) is 0 Å². The number of aliphatic imine (C=N–C) groups is 1. The molecule has 1 atom stereocenters. The number of aryl methyl sites for hydroxylation is 1. The van der Waals surface area contributed by atoms with Crippen molar-refractivity contribution in [1.29, 1.82) is 0 Å². The van der Waals surface area contributed by atoms with Gasteiger partial charge in [0.15, 0.2) is 5.96 Å². The van der Waals surface area contributed by atoms with E-state index in [4.69, 9.17) is 0 Å². The van der Waals surface area contributed by atoms with Crippen molar-refractivity contribution in [1.82, 2.24) is 15.5 Å². The van der Waals surface area contributed by atoms with E-state index in [-0.39, 0.29) is 0 Å². The summed E-state index contributed by atoms with van der Waals surface area (Å²) in [5.41, 5.74) is 2.65. The highest BCUT2D eigenvalue weighted by molar-refractivity contribution is 7.11. The normalized spacial score (nSPS) is 13.1. The molecule has 5 heteroatoms. The first kappa shape index (κ1) is 19.5. The Kier molecular flexibility index (Phi) is 7.47. The fraction of sp³-hybridized carbons (Fsp3) is 0.450. The quantitative estimate of drug-likeness (QED) is 0.588. The fourth-order valence-electron chi connectivity index (χ4n) is 2.78. The number of nitrogens with zero attached hydrogens (tertiary/aromatic N) is 2. The molecule has 0 bridgehead atoms. The molecule has 2 rings (SSSR count). The smallest absolute Gasteiger partial charge is 0.191 e. The number of nitrogens with one attached hydrogen (secondary N) is 2. The third-order valence-electron chi connectivity index (χ3n) is 3.96. The Morgan fingerprint density at radius 2 is 1.88 bits per heavy atom. The second-order valence-corrected chi connectivity index (χ2v) is 8.07. The summed E-state index contributed by atoms with van der Waals surface area (Å²) in [6.45, 7) is 6.06. The summed E-state index contributed by atoms with van der Waals surface area (Å²) in [6, 6.07) is 13.3. The van der Waals surface area contributed by atoms with Crippen LogP contribution in [0.2, 0.25) is 0 Å². The van der Waals surface area contributed by atoms with Crippen LogP contribution in [0.5, 0.6) is 0 Å². The van der Waals surface area contributed by atoms with Gasteiger partial charge < -0.3 is 15.5 Å². The van der Waals surface area contributed by atoms with Gasteiger partial charge >= 0.3 is 0 Å². The van der Waals surface area contributed by atoms with Crippen LogP contribution in [-0.2, 0) is 19.5 Å². The molecular formula is C20H30N4S. The standard InChI is InChI=1S/C20H30N4S/c1-15(12-19-11-10-16(2)25-19)23-20(21-3)22-13-17-8-6-7-9-18(17)14-24(4)5/h6-11,15H,12-14H2,1-5H3,(H2,21,22,23). The molecule has 0 aliphatic rings. The lowest BCUT2D eigenvalue weighted by Crippen LogP contribution is -2.42. The number of hydrogen-bond acceptors (Lipinski definition) is 3. The summed E-state index contributed by atoms with van der Waals surface area (Å²) in [7, 11) is 6.01. The van der Waals surface area contributed by atoms with Gasteiger partial charge in [-0.05, 0) is 51.2 Å². The van der Waals surface area contributed by atoms with Crippen molar-refractivity contribution in [2.75, 3.05) is 21.1 Å². The number of guanidine groups is 1. The zero-order valence-corrected chi connectivity index (χ0v) is 16.8. The molecule has 2 N–H and O–H groups in total. The molecule has 25 heavy (non-hydrogen) atoms. The highest BCUT2D eigenvalue weighted by Gasteiger charge is 2.09. The molecule has 0 aliphatic carbocycles. The Balaban J connectivity index is 1.90. The number of thiophene rings is 1. The van der Waals surface area contributed by atoms with E-state index in [0.717, 1.165) is 25.5 Å². The van der Waals surface area contributed by atoms with Crippen LogP contribution in [0.3, 0.4) is 0 Å². The van der Waals surface area contributed by atoms with Gasteiger partial charge in [-0.3, -0.25) is 4.99 Å². The van der Waals surface area contributed by atoms with Gasteiger partial charge in [0, 0.05) is 42.4 Å². The molecule has 0 aliphatic heterocycles. The molecule has 1 heterocycles. The van der Waals surface area contributed by atoms with E-state index in [1.807, 2.05) is 18.4 Å². The summed E-state index contributed by atoms with van der Waals surface area (Å²) in [4.78, 5) is 9.33. The molecule has 2 aromatic rings. The zero-order chi connectivity index (χ0) is 18.2. The van der Waals surface area contributed by atoms with Crippen LogP contribution >= 0.6 is 11.3 Å². The minimum atomic E-state index is 0.335. The molecule has 1 aromatic carbocycles. The van der Waals surface area contributed by atoms with Gasteiger partial charge in [0.1, 0.15) is 0 Å². The minimum absolute atomic E-state index is 0.335. The van der Waals surface area contributed by atoms with E-state index in [0.29, 0.717) is 6.04 Å². The van der Waals surface area contributed by atoms with Crippen molar-refractivity contribution in [3.05, 3.63) is 57.3 Å². The van der Waals surface area contributed by atoms with Gasteiger partial charge in [0.05, 0.1) is 0 Å². The molecule has 0 amide bonds. The van der Waals surface area contributed by atoms with Crippen LogP contribution in [0.1, 0.15) is 27.8 Å². The Bertz CT molecular complexity index is 691. The predicted octanol–water partition coefficient (Wildman–Crippen LogP) is 3.41. The van der Waals surface area contributed by atoms with E-state index in [1.54, 1.807) is 0 Å². The molecule has 136 valence electrons. The van der Waals surface area contributed by atoms with Crippen molar-refractivity contribution < 1.29 is 0 Å². The summed E-state index contributed by atoms with van der Waals surface area (Å²) in [5, 5.41) is 6.94. The molecule has 1 unspecified atom stereocenters. The average molecular weight is 359 g/mol. The van der Waals surface area contributed by atoms with Gasteiger partial charge in [-0.25, -0.2) is 0 Å². The number of rotatable bonds is 7. The maximum Gasteiger partial charge on any atom is 0.191 e. The average Bonchev–Trinajstić information content (AvgIpc) is 2.97. The minimum Gasteiger partial charge on any atom is -0.354 e. The third kappa shape index (κ3) is 6.52. The van der Waals surface area contributed by atoms with Gasteiger partial charge in [0.2, 0.25) is 0 Å². The second kappa shape index (κ2) is 9.59. The first-order valence-corrected chi connectivity index (χ1v) is 9.53. The largest absolute Gasteiger partial charge is 0.354 e. The van der Waals surface area contributed by atoms with Crippen LogP contribution in [-0.4, -0.2) is 38.0 Å². The van der Waals surface area contributed by atoms with Crippen LogP contribution in [0.4, 0.5) is 0 Å². The van der Waals surface area contributed by atoms with Gasteiger partial charge in [-0.2, -0.15) is 0 Å². The molecule has 0 saturated carbocycles. The Morgan fingerprint density at radius 3 is 2.48 bits per heavy atom. The van der Waals surface area contributed by atoms with Crippen molar-refractivity contribution in [3.8, 4) is 0 Å². The molecule has 4 nitrogen and oxygen atoms in total. The van der Waals surface area contributed by atoms with Crippen LogP contribution in [0.15, 0.2) is 41.4 Å². The van der Waals surface area contributed by atoms with E-state index < -0.39 is 0 Å². The molecule has 0 spiro atoms.